The normalized spacial score (nSPS) is 16.8. The molecule has 30 heavy (non-hydrogen) atoms. The average molecular weight is 419 g/mol. The number of halogens is 3. The number of alkyl halides is 3. The number of nitrogen functional groups attached to an aromatic ring is 1. The van der Waals surface area contributed by atoms with Crippen LogP contribution in [-0.4, -0.2) is 34.9 Å². The molecule has 3 N–H and O–H groups in total. The number of aromatic nitrogens is 2. The first kappa shape index (κ1) is 19.9. The molecular weight excluding hydrogens is 399 g/mol. The summed E-state index contributed by atoms with van der Waals surface area (Å²) in [5.41, 5.74) is 8.67. The molecule has 1 aromatic heterocycles. The van der Waals surface area contributed by atoms with Crippen LogP contribution in [0.15, 0.2) is 42.5 Å². The van der Waals surface area contributed by atoms with Crippen LogP contribution >= 0.6 is 0 Å². The van der Waals surface area contributed by atoms with E-state index in [4.69, 9.17) is 5.73 Å². The Labute approximate surface area is 170 Å². The Morgan fingerprint density at radius 2 is 1.97 bits per heavy atom. The van der Waals surface area contributed by atoms with Crippen LogP contribution in [0.3, 0.4) is 0 Å². The van der Waals surface area contributed by atoms with Gasteiger partial charge in [-0.1, -0.05) is 0 Å². The van der Waals surface area contributed by atoms with Gasteiger partial charge in [0.25, 0.3) is 0 Å². The maximum Gasteiger partial charge on any atom is 0.573 e. The van der Waals surface area contributed by atoms with E-state index in [2.05, 4.69) is 15.0 Å². The van der Waals surface area contributed by atoms with E-state index < -0.39 is 6.36 Å². The topological polar surface area (TPSA) is 85.4 Å². The number of anilines is 3. The largest absolute Gasteiger partial charge is 0.573 e. The molecule has 2 heterocycles. The van der Waals surface area contributed by atoms with Crippen molar-refractivity contribution in [2.24, 2.45) is 13.0 Å². The minimum Gasteiger partial charge on any atom is -0.406 e. The number of amides is 1. The third-order valence-electron chi connectivity index (χ3n) is 5.08. The third-order valence-corrected chi connectivity index (χ3v) is 5.08. The number of nitrogens with zero attached hydrogens (tertiary/aromatic N) is 3. The van der Waals surface area contributed by atoms with Crippen LogP contribution in [0.4, 0.5) is 30.5 Å². The minimum absolute atomic E-state index is 0.190. The molecule has 1 atom stereocenters. The number of fused-ring (bicyclic) bond motifs is 1. The lowest BCUT2D eigenvalue weighted by Crippen LogP contribution is -2.28. The van der Waals surface area contributed by atoms with Crippen molar-refractivity contribution in [3.05, 3.63) is 42.5 Å². The van der Waals surface area contributed by atoms with Crippen LogP contribution in [0.2, 0.25) is 0 Å². The number of hydrogen-bond donors (Lipinski definition) is 2. The summed E-state index contributed by atoms with van der Waals surface area (Å²) in [7, 11) is 1.90. The van der Waals surface area contributed by atoms with E-state index >= 15 is 0 Å². The number of hydrogen-bond acceptors (Lipinski definition) is 5. The van der Waals surface area contributed by atoms with Crippen molar-refractivity contribution in [3.8, 4) is 5.75 Å². The van der Waals surface area contributed by atoms with Crippen molar-refractivity contribution in [1.82, 2.24) is 9.55 Å². The highest BCUT2D eigenvalue weighted by atomic mass is 19.4. The molecule has 2 aromatic carbocycles. The van der Waals surface area contributed by atoms with Gasteiger partial charge in [0.2, 0.25) is 11.9 Å². The molecule has 1 fully saturated rings. The van der Waals surface area contributed by atoms with Gasteiger partial charge in [-0.15, -0.1) is 13.2 Å². The highest BCUT2D eigenvalue weighted by Crippen LogP contribution is 2.29. The number of nitrogens with one attached hydrogen (secondary N) is 1. The lowest BCUT2D eigenvalue weighted by molar-refractivity contribution is -0.274. The van der Waals surface area contributed by atoms with Gasteiger partial charge in [0.1, 0.15) is 5.75 Å². The highest BCUT2D eigenvalue weighted by molar-refractivity contribution is 5.93. The van der Waals surface area contributed by atoms with E-state index in [-0.39, 0.29) is 17.6 Å². The molecule has 0 radical (unpaired) electrons. The zero-order valence-corrected chi connectivity index (χ0v) is 16.1. The van der Waals surface area contributed by atoms with E-state index in [1.807, 2.05) is 28.6 Å². The lowest BCUT2D eigenvalue weighted by atomic mass is 10.1. The molecule has 1 aliphatic heterocycles. The van der Waals surface area contributed by atoms with E-state index in [9.17, 15) is 18.0 Å². The fraction of sp³-hybridized carbons (Fsp3) is 0.300. The van der Waals surface area contributed by atoms with E-state index in [1.165, 1.54) is 12.1 Å². The van der Waals surface area contributed by atoms with Crippen molar-refractivity contribution in [3.63, 3.8) is 0 Å². The Bertz CT molecular complexity index is 1080. The highest BCUT2D eigenvalue weighted by Gasteiger charge is 2.32. The lowest BCUT2D eigenvalue weighted by Gasteiger charge is -2.17. The SMILES string of the molecule is Cn1c(N2CCC(C(=O)Nc3ccc(OC(F)(F)F)cc3)C2)nc2ccc(N)cc21. The standard InChI is InChI=1S/C20H20F3N5O2/c1-27-17-10-13(24)2-7-16(17)26-19(27)28-9-8-12(11-28)18(29)25-14-3-5-15(6-4-14)30-20(21,22)23/h2-7,10,12H,8-9,11,24H2,1H3,(H,25,29). The molecule has 3 aromatic rings. The summed E-state index contributed by atoms with van der Waals surface area (Å²) in [4.78, 5) is 19.3. The predicted molar refractivity (Wildman–Crippen MR) is 107 cm³/mol. The second-order valence-electron chi connectivity index (χ2n) is 7.21. The second kappa shape index (κ2) is 7.43. The quantitative estimate of drug-likeness (QED) is 0.632. The van der Waals surface area contributed by atoms with Crippen molar-refractivity contribution in [1.29, 1.82) is 0 Å². The summed E-state index contributed by atoms with van der Waals surface area (Å²) in [6.45, 7) is 1.16. The Kier molecular flexibility index (Phi) is 4.92. The van der Waals surface area contributed by atoms with Crippen molar-refractivity contribution in [2.45, 2.75) is 12.8 Å². The van der Waals surface area contributed by atoms with Gasteiger partial charge in [0.15, 0.2) is 0 Å². The molecule has 1 saturated heterocycles. The van der Waals surface area contributed by atoms with Gasteiger partial charge in [-0.25, -0.2) is 4.98 Å². The number of ether oxygens (including phenoxy) is 1. The summed E-state index contributed by atoms with van der Waals surface area (Å²) < 4.78 is 42.5. The van der Waals surface area contributed by atoms with Gasteiger partial charge in [0.05, 0.1) is 17.0 Å². The summed E-state index contributed by atoms with van der Waals surface area (Å²) in [6.07, 6.45) is -4.11. The van der Waals surface area contributed by atoms with Gasteiger partial charge < -0.3 is 25.3 Å². The number of aryl methyl sites for hydroxylation is 1. The fourth-order valence-electron chi connectivity index (χ4n) is 3.62. The number of rotatable bonds is 4. The average Bonchev–Trinajstić information content (AvgIpc) is 3.28. The molecule has 0 bridgehead atoms. The molecule has 0 saturated carbocycles. The Morgan fingerprint density at radius 1 is 1.23 bits per heavy atom. The monoisotopic (exact) mass is 419 g/mol. The van der Waals surface area contributed by atoms with Crippen LogP contribution in [0.5, 0.6) is 5.75 Å². The second-order valence-corrected chi connectivity index (χ2v) is 7.21. The Balaban J connectivity index is 1.41. The van der Waals surface area contributed by atoms with Crippen LogP contribution in [-0.2, 0) is 11.8 Å². The van der Waals surface area contributed by atoms with Crippen LogP contribution in [0.1, 0.15) is 6.42 Å². The van der Waals surface area contributed by atoms with E-state index in [1.54, 1.807) is 6.07 Å². The van der Waals surface area contributed by atoms with Gasteiger partial charge >= 0.3 is 6.36 Å². The van der Waals surface area contributed by atoms with Gasteiger partial charge in [0, 0.05) is 31.5 Å². The van der Waals surface area contributed by atoms with Crippen LogP contribution < -0.4 is 20.7 Å². The summed E-state index contributed by atoms with van der Waals surface area (Å²) in [5.74, 6) is -0.0273. The van der Waals surface area contributed by atoms with Crippen LogP contribution in [0, 0.1) is 5.92 Å². The maximum atomic E-state index is 12.6. The molecule has 10 heteroatoms. The van der Waals surface area contributed by atoms with E-state index in [0.29, 0.717) is 30.9 Å². The number of nitrogens with two attached hydrogens (primary N) is 1. The zero-order chi connectivity index (χ0) is 21.5. The maximum absolute atomic E-state index is 12.6. The van der Waals surface area contributed by atoms with Gasteiger partial charge in [-0.05, 0) is 48.9 Å². The van der Waals surface area contributed by atoms with Crippen molar-refractivity contribution >= 4 is 34.3 Å². The van der Waals surface area contributed by atoms with E-state index in [0.717, 1.165) is 29.1 Å². The first-order valence-corrected chi connectivity index (χ1v) is 9.33. The van der Waals surface area contributed by atoms with Gasteiger partial charge in [-0.3, -0.25) is 4.79 Å². The molecule has 1 amide bonds. The Hall–Kier alpha value is -3.43. The van der Waals surface area contributed by atoms with Crippen LogP contribution in [0.25, 0.3) is 11.0 Å². The molecule has 0 spiro atoms. The zero-order valence-electron chi connectivity index (χ0n) is 16.1. The molecule has 4 rings (SSSR count). The van der Waals surface area contributed by atoms with Crippen molar-refractivity contribution < 1.29 is 22.7 Å². The van der Waals surface area contributed by atoms with Gasteiger partial charge in [-0.2, -0.15) is 0 Å². The molecular formula is C20H20F3N5O2. The minimum atomic E-state index is -4.75. The number of benzene rings is 2. The molecule has 1 unspecified atom stereocenters. The fourth-order valence-corrected chi connectivity index (χ4v) is 3.62. The van der Waals surface area contributed by atoms with Crippen molar-refractivity contribution in [2.75, 3.05) is 29.0 Å². The smallest absolute Gasteiger partial charge is 0.406 e. The summed E-state index contributed by atoms with van der Waals surface area (Å²) in [5, 5.41) is 2.75. The molecule has 1 aliphatic rings. The molecule has 158 valence electrons. The number of carbonyl (C=O) groups is 1. The number of imidazole rings is 1. The summed E-state index contributed by atoms with van der Waals surface area (Å²) in [6, 6.07) is 10.6. The summed E-state index contributed by atoms with van der Waals surface area (Å²) >= 11 is 0. The third kappa shape index (κ3) is 4.12. The first-order chi connectivity index (χ1) is 14.2. The predicted octanol–water partition coefficient (Wildman–Crippen LogP) is 3.52. The number of carbonyl (C=O) groups excluding carboxylic acids is 1. The molecule has 0 aliphatic carbocycles. The Morgan fingerprint density at radius 3 is 2.67 bits per heavy atom. The first-order valence-electron chi connectivity index (χ1n) is 9.33. The molecule has 7 nitrogen and oxygen atoms in total.